The van der Waals surface area contributed by atoms with Crippen LogP contribution in [0, 0.1) is 16.7 Å². The molecule has 0 bridgehead atoms. The van der Waals surface area contributed by atoms with E-state index in [0.29, 0.717) is 0 Å². The van der Waals surface area contributed by atoms with Crippen molar-refractivity contribution in [1.82, 2.24) is 19.8 Å². The number of aromatic amines is 1. The number of rotatable bonds is 3. The van der Waals surface area contributed by atoms with Crippen LogP contribution in [-0.4, -0.2) is 69.8 Å². The second-order valence-corrected chi connectivity index (χ2v) is 8.04. The van der Waals surface area contributed by atoms with Crippen molar-refractivity contribution >= 4 is 17.7 Å². The van der Waals surface area contributed by atoms with Gasteiger partial charge in [0, 0.05) is 37.8 Å². The van der Waals surface area contributed by atoms with Crippen molar-refractivity contribution in [1.29, 1.82) is 0 Å². The smallest absolute Gasteiger partial charge is 0.369 e. The lowest BCUT2D eigenvalue weighted by atomic mass is 9.70. The molecule has 3 heterocycles. The number of hydrogen-bond acceptors (Lipinski definition) is 5. The number of halogens is 3. The van der Waals surface area contributed by atoms with Crippen LogP contribution in [0.4, 0.5) is 13.2 Å². The van der Waals surface area contributed by atoms with Gasteiger partial charge in [-0.15, -0.1) is 0 Å². The molecule has 3 N–H and O–H groups in total. The Morgan fingerprint density at radius 2 is 1.79 bits per heavy atom. The predicted octanol–water partition coefficient (Wildman–Crippen LogP) is -0.502. The van der Waals surface area contributed by atoms with Gasteiger partial charge in [0.1, 0.15) is 11.1 Å². The minimum absolute atomic E-state index is 0.0264. The second kappa shape index (κ2) is 6.04. The molecule has 2 saturated heterocycles. The highest BCUT2D eigenvalue weighted by Crippen LogP contribution is 2.60. The summed E-state index contributed by atoms with van der Waals surface area (Å²) in [6, 6.07) is 0. The minimum atomic E-state index is -4.61. The molecule has 156 valence electrons. The van der Waals surface area contributed by atoms with Crippen LogP contribution in [0.5, 0.6) is 0 Å². The number of nitrogens with two attached hydrogens (primary N) is 1. The summed E-state index contributed by atoms with van der Waals surface area (Å²) in [7, 11) is 0. The van der Waals surface area contributed by atoms with Crippen molar-refractivity contribution in [3.63, 3.8) is 0 Å². The Kier molecular flexibility index (Phi) is 4.04. The minimum Gasteiger partial charge on any atom is -0.369 e. The number of primary amides is 1. The lowest BCUT2D eigenvalue weighted by Crippen LogP contribution is -2.65. The summed E-state index contributed by atoms with van der Waals surface area (Å²) in [5, 5.41) is 0. The average molecular weight is 413 g/mol. The van der Waals surface area contributed by atoms with Gasteiger partial charge in [0.2, 0.25) is 11.8 Å². The van der Waals surface area contributed by atoms with Crippen LogP contribution in [0.25, 0.3) is 0 Å². The van der Waals surface area contributed by atoms with Crippen LogP contribution < -0.4 is 11.3 Å². The number of nitrogens with zero attached hydrogens (tertiary/aromatic N) is 3. The fraction of sp³-hybridized carbons (Fsp3) is 0.588. The normalized spacial score (nSPS) is 24.3. The van der Waals surface area contributed by atoms with Gasteiger partial charge in [-0.2, -0.15) is 13.2 Å². The molecule has 9 nitrogen and oxygen atoms in total. The van der Waals surface area contributed by atoms with Crippen molar-refractivity contribution in [3.8, 4) is 0 Å². The van der Waals surface area contributed by atoms with E-state index in [1.54, 1.807) is 0 Å². The Morgan fingerprint density at radius 1 is 1.17 bits per heavy atom. The first-order valence-corrected chi connectivity index (χ1v) is 8.99. The Morgan fingerprint density at radius 3 is 2.28 bits per heavy atom. The molecule has 1 spiro atoms. The number of H-pyrrole nitrogens is 1. The second-order valence-electron chi connectivity index (χ2n) is 8.04. The SMILES string of the molecule is NC(=O)[C@@H]1CN(C(=O)c2c[nH]c(=O)cn2)CC12CN(C(=O)C1(C(F)(F)F)CC1)C2. The Bertz CT molecular complexity index is 929. The molecule has 0 aromatic carbocycles. The fourth-order valence-electron chi connectivity index (χ4n) is 4.36. The lowest BCUT2D eigenvalue weighted by molar-refractivity contribution is -0.205. The number of alkyl halides is 3. The zero-order valence-corrected chi connectivity index (χ0v) is 15.2. The summed E-state index contributed by atoms with van der Waals surface area (Å²) in [5.74, 6) is -2.99. The topological polar surface area (TPSA) is 129 Å². The number of likely N-dealkylation sites (tertiary alicyclic amines) is 2. The molecule has 1 aromatic heterocycles. The number of carbonyl (C=O) groups is 3. The first-order valence-electron chi connectivity index (χ1n) is 8.99. The average Bonchev–Trinajstić information content (AvgIpc) is 3.34. The van der Waals surface area contributed by atoms with Gasteiger partial charge in [-0.05, 0) is 12.8 Å². The lowest BCUT2D eigenvalue weighted by Gasteiger charge is -2.51. The fourth-order valence-corrected chi connectivity index (χ4v) is 4.36. The van der Waals surface area contributed by atoms with Crippen molar-refractivity contribution in [2.24, 2.45) is 22.5 Å². The number of carbonyl (C=O) groups excluding carboxylic acids is 3. The van der Waals surface area contributed by atoms with Gasteiger partial charge in [0.05, 0.1) is 12.1 Å². The predicted molar refractivity (Wildman–Crippen MR) is 90.2 cm³/mol. The molecule has 1 atom stereocenters. The van der Waals surface area contributed by atoms with Gasteiger partial charge >= 0.3 is 6.18 Å². The maximum atomic E-state index is 13.2. The summed E-state index contributed by atoms with van der Waals surface area (Å²) >= 11 is 0. The van der Waals surface area contributed by atoms with Gasteiger partial charge in [0.15, 0.2) is 0 Å². The number of hydrogen-bond donors (Lipinski definition) is 2. The maximum Gasteiger partial charge on any atom is 0.403 e. The van der Waals surface area contributed by atoms with Crippen molar-refractivity contribution in [2.75, 3.05) is 26.2 Å². The Balaban J connectivity index is 1.50. The van der Waals surface area contributed by atoms with E-state index in [0.717, 1.165) is 17.3 Å². The highest BCUT2D eigenvalue weighted by atomic mass is 19.4. The molecule has 1 saturated carbocycles. The highest BCUT2D eigenvalue weighted by molar-refractivity contribution is 5.93. The third kappa shape index (κ3) is 2.88. The van der Waals surface area contributed by atoms with E-state index < -0.39 is 46.2 Å². The molecule has 12 heteroatoms. The van der Waals surface area contributed by atoms with E-state index in [1.165, 1.54) is 4.90 Å². The Hall–Kier alpha value is -2.92. The van der Waals surface area contributed by atoms with Crippen LogP contribution in [0.3, 0.4) is 0 Å². The Labute approximate surface area is 162 Å². The molecule has 1 aromatic rings. The molecule has 1 aliphatic carbocycles. The molecular formula is C17H18F3N5O4. The van der Waals surface area contributed by atoms with Gasteiger partial charge < -0.3 is 20.5 Å². The first-order chi connectivity index (χ1) is 13.5. The summed E-state index contributed by atoms with van der Waals surface area (Å²) in [6.07, 6.45) is -2.99. The summed E-state index contributed by atoms with van der Waals surface area (Å²) in [4.78, 5) is 56.6. The van der Waals surface area contributed by atoms with Crippen LogP contribution in [-0.2, 0) is 9.59 Å². The van der Waals surface area contributed by atoms with Crippen molar-refractivity contribution in [2.45, 2.75) is 19.0 Å². The van der Waals surface area contributed by atoms with Crippen LogP contribution >= 0.6 is 0 Å². The molecule has 4 rings (SSSR count). The molecule has 0 unspecified atom stereocenters. The zero-order chi connectivity index (χ0) is 21.2. The zero-order valence-electron chi connectivity index (χ0n) is 15.2. The molecule has 3 amide bonds. The number of amides is 3. The standard InChI is InChI=1S/C17H18F3N5O4/c18-17(19,20)16(1-2-16)14(29)25-7-15(8-25)6-24(5-9(15)12(21)27)13(28)10-3-23-11(26)4-22-10/h3-4,9H,1-2,5-8H2,(H2,21,27)(H,23,26)/t9-/m0/s1. The van der Waals surface area contributed by atoms with Gasteiger partial charge in [-0.3, -0.25) is 19.2 Å². The summed E-state index contributed by atoms with van der Waals surface area (Å²) in [5.41, 5.74) is 1.76. The third-order valence-electron chi connectivity index (χ3n) is 6.17. The van der Waals surface area contributed by atoms with E-state index in [4.69, 9.17) is 5.73 Å². The van der Waals surface area contributed by atoms with Crippen LogP contribution in [0.2, 0.25) is 0 Å². The third-order valence-corrected chi connectivity index (χ3v) is 6.17. The molecule has 2 aliphatic heterocycles. The largest absolute Gasteiger partial charge is 0.403 e. The van der Waals surface area contributed by atoms with Crippen molar-refractivity contribution in [3.05, 3.63) is 28.4 Å². The van der Waals surface area contributed by atoms with E-state index in [1.807, 2.05) is 0 Å². The summed E-state index contributed by atoms with van der Waals surface area (Å²) in [6.45, 7) is -0.106. The maximum absolute atomic E-state index is 13.2. The van der Waals surface area contributed by atoms with E-state index in [-0.39, 0.29) is 44.7 Å². The number of aromatic nitrogens is 2. The van der Waals surface area contributed by atoms with E-state index >= 15 is 0 Å². The highest BCUT2D eigenvalue weighted by Gasteiger charge is 2.71. The number of nitrogens with one attached hydrogen (secondary N) is 1. The molecule has 3 aliphatic rings. The molecule has 0 radical (unpaired) electrons. The molecular weight excluding hydrogens is 395 g/mol. The van der Waals surface area contributed by atoms with Crippen molar-refractivity contribution < 1.29 is 27.6 Å². The first kappa shape index (κ1) is 19.4. The van der Waals surface area contributed by atoms with Gasteiger partial charge in [-0.1, -0.05) is 0 Å². The van der Waals surface area contributed by atoms with Crippen LogP contribution in [0.1, 0.15) is 23.3 Å². The molecule has 3 fully saturated rings. The molecule has 29 heavy (non-hydrogen) atoms. The monoisotopic (exact) mass is 413 g/mol. The van der Waals surface area contributed by atoms with Gasteiger partial charge in [0.25, 0.3) is 11.5 Å². The quantitative estimate of drug-likeness (QED) is 0.690. The van der Waals surface area contributed by atoms with Crippen LogP contribution in [0.15, 0.2) is 17.2 Å². The van der Waals surface area contributed by atoms with E-state index in [2.05, 4.69) is 9.97 Å². The van der Waals surface area contributed by atoms with E-state index in [9.17, 15) is 32.3 Å². The summed E-state index contributed by atoms with van der Waals surface area (Å²) < 4.78 is 39.7. The van der Waals surface area contributed by atoms with Gasteiger partial charge in [-0.25, -0.2) is 4.98 Å².